The first-order valence-corrected chi connectivity index (χ1v) is 8.25. The number of para-hydroxylation sites is 4. The van der Waals surface area contributed by atoms with E-state index in [9.17, 15) is 4.79 Å². The van der Waals surface area contributed by atoms with Crippen LogP contribution < -0.4 is 10.1 Å². The molecular formula is C17H17N3O2S. The zero-order valence-corrected chi connectivity index (χ0v) is 13.5. The molecule has 0 saturated heterocycles. The summed E-state index contributed by atoms with van der Waals surface area (Å²) in [6.45, 7) is 0. The van der Waals surface area contributed by atoms with E-state index in [-0.39, 0.29) is 5.91 Å². The molecule has 2 N–H and O–H groups in total. The van der Waals surface area contributed by atoms with E-state index in [2.05, 4.69) is 15.3 Å². The number of methoxy groups -OCH3 is 1. The third-order valence-electron chi connectivity index (χ3n) is 3.32. The summed E-state index contributed by atoms with van der Waals surface area (Å²) in [6.07, 6.45) is 0.403. The number of aromatic nitrogens is 2. The van der Waals surface area contributed by atoms with Gasteiger partial charge in [0, 0.05) is 12.2 Å². The van der Waals surface area contributed by atoms with Crippen molar-refractivity contribution in [2.24, 2.45) is 0 Å². The van der Waals surface area contributed by atoms with E-state index in [1.165, 1.54) is 11.8 Å². The number of carbonyl (C=O) groups excluding carboxylic acids is 1. The molecule has 23 heavy (non-hydrogen) atoms. The number of anilines is 1. The Morgan fingerprint density at radius 2 is 2.00 bits per heavy atom. The number of benzene rings is 2. The molecule has 0 spiro atoms. The SMILES string of the molecule is COc1ccccc1NC(=O)CCSc1nc2ccccc2[nH]1. The van der Waals surface area contributed by atoms with Gasteiger partial charge >= 0.3 is 0 Å². The molecule has 0 aliphatic rings. The number of ether oxygens (including phenoxy) is 1. The molecule has 1 aromatic heterocycles. The van der Waals surface area contributed by atoms with Gasteiger partial charge in [-0.1, -0.05) is 36.0 Å². The van der Waals surface area contributed by atoms with Crippen molar-refractivity contribution in [3.63, 3.8) is 0 Å². The van der Waals surface area contributed by atoms with Crippen LogP contribution in [0.3, 0.4) is 0 Å². The van der Waals surface area contributed by atoms with Gasteiger partial charge in [0.2, 0.25) is 5.91 Å². The van der Waals surface area contributed by atoms with Gasteiger partial charge in [-0.15, -0.1) is 0 Å². The number of carbonyl (C=O) groups is 1. The number of imidazole rings is 1. The molecule has 0 aliphatic carbocycles. The Labute approximate surface area is 138 Å². The van der Waals surface area contributed by atoms with E-state index in [1.54, 1.807) is 7.11 Å². The molecule has 0 radical (unpaired) electrons. The van der Waals surface area contributed by atoms with Crippen LogP contribution in [-0.2, 0) is 4.79 Å². The van der Waals surface area contributed by atoms with Gasteiger partial charge in [0.05, 0.1) is 23.8 Å². The second kappa shape index (κ2) is 7.19. The number of amides is 1. The lowest BCUT2D eigenvalue weighted by Crippen LogP contribution is -2.12. The minimum atomic E-state index is -0.0434. The first-order chi connectivity index (χ1) is 11.3. The van der Waals surface area contributed by atoms with Crippen LogP contribution in [0, 0.1) is 0 Å². The second-order valence-corrected chi connectivity index (χ2v) is 5.99. The average Bonchev–Trinajstić information content (AvgIpc) is 2.98. The normalized spacial score (nSPS) is 10.7. The van der Waals surface area contributed by atoms with Crippen molar-refractivity contribution in [1.29, 1.82) is 0 Å². The Hall–Kier alpha value is -2.47. The van der Waals surface area contributed by atoms with Crippen molar-refractivity contribution in [2.75, 3.05) is 18.2 Å². The first kappa shape index (κ1) is 15.4. The van der Waals surface area contributed by atoms with E-state index < -0.39 is 0 Å². The minimum absolute atomic E-state index is 0.0434. The van der Waals surface area contributed by atoms with Crippen LogP contribution in [-0.4, -0.2) is 28.7 Å². The van der Waals surface area contributed by atoms with E-state index in [0.717, 1.165) is 16.2 Å². The third-order valence-corrected chi connectivity index (χ3v) is 4.19. The van der Waals surface area contributed by atoms with E-state index in [4.69, 9.17) is 4.74 Å². The number of H-pyrrole nitrogens is 1. The fourth-order valence-electron chi connectivity index (χ4n) is 2.20. The van der Waals surface area contributed by atoms with Crippen LogP contribution in [0.15, 0.2) is 53.7 Å². The van der Waals surface area contributed by atoms with Crippen molar-refractivity contribution in [3.8, 4) is 5.75 Å². The van der Waals surface area contributed by atoms with E-state index in [1.807, 2.05) is 48.5 Å². The van der Waals surface area contributed by atoms with Crippen molar-refractivity contribution < 1.29 is 9.53 Å². The molecule has 3 aromatic rings. The zero-order valence-electron chi connectivity index (χ0n) is 12.7. The molecule has 118 valence electrons. The molecule has 0 atom stereocenters. The van der Waals surface area contributed by atoms with Gasteiger partial charge in [-0.3, -0.25) is 4.79 Å². The quantitative estimate of drug-likeness (QED) is 0.678. The Bertz CT molecular complexity index is 783. The molecular weight excluding hydrogens is 310 g/mol. The van der Waals surface area contributed by atoms with Crippen LogP contribution in [0.2, 0.25) is 0 Å². The Balaban J connectivity index is 1.53. The largest absolute Gasteiger partial charge is 0.495 e. The topological polar surface area (TPSA) is 67.0 Å². The van der Waals surface area contributed by atoms with Crippen molar-refractivity contribution in [1.82, 2.24) is 9.97 Å². The van der Waals surface area contributed by atoms with E-state index in [0.29, 0.717) is 23.6 Å². The molecule has 5 nitrogen and oxygen atoms in total. The van der Waals surface area contributed by atoms with Gasteiger partial charge in [0.25, 0.3) is 0 Å². The monoisotopic (exact) mass is 327 g/mol. The summed E-state index contributed by atoms with van der Waals surface area (Å²) < 4.78 is 5.22. The highest BCUT2D eigenvalue weighted by Gasteiger charge is 2.08. The molecule has 3 rings (SSSR count). The van der Waals surface area contributed by atoms with Crippen LogP contribution in [0.5, 0.6) is 5.75 Å². The van der Waals surface area contributed by atoms with Gasteiger partial charge < -0.3 is 15.0 Å². The predicted octanol–water partition coefficient (Wildman–Crippen LogP) is 3.69. The van der Waals surface area contributed by atoms with Crippen molar-refractivity contribution in [3.05, 3.63) is 48.5 Å². The summed E-state index contributed by atoms with van der Waals surface area (Å²) in [7, 11) is 1.59. The summed E-state index contributed by atoms with van der Waals surface area (Å²) in [5.74, 6) is 1.27. The van der Waals surface area contributed by atoms with Crippen molar-refractivity contribution in [2.45, 2.75) is 11.6 Å². The standard InChI is InChI=1S/C17H17N3O2S/c1-22-15-9-5-4-8-14(15)18-16(21)10-11-23-17-19-12-6-2-3-7-13(12)20-17/h2-9H,10-11H2,1H3,(H,18,21)(H,19,20). The average molecular weight is 327 g/mol. The minimum Gasteiger partial charge on any atom is -0.495 e. The number of hydrogen-bond acceptors (Lipinski definition) is 4. The number of aromatic amines is 1. The maximum Gasteiger partial charge on any atom is 0.225 e. The lowest BCUT2D eigenvalue weighted by molar-refractivity contribution is -0.115. The number of hydrogen-bond donors (Lipinski definition) is 2. The third kappa shape index (κ3) is 3.84. The summed E-state index contributed by atoms with van der Waals surface area (Å²) in [4.78, 5) is 19.7. The first-order valence-electron chi connectivity index (χ1n) is 7.26. The smallest absolute Gasteiger partial charge is 0.225 e. The lowest BCUT2D eigenvalue weighted by atomic mass is 10.3. The van der Waals surface area contributed by atoms with Crippen LogP contribution in [0.25, 0.3) is 11.0 Å². The van der Waals surface area contributed by atoms with Crippen LogP contribution >= 0.6 is 11.8 Å². The predicted molar refractivity (Wildman–Crippen MR) is 93.1 cm³/mol. The fourth-order valence-corrected chi connectivity index (χ4v) is 3.02. The van der Waals surface area contributed by atoms with E-state index >= 15 is 0 Å². The molecule has 6 heteroatoms. The van der Waals surface area contributed by atoms with Crippen LogP contribution in [0.4, 0.5) is 5.69 Å². The van der Waals surface area contributed by atoms with Gasteiger partial charge in [-0.25, -0.2) is 4.98 Å². The molecule has 2 aromatic carbocycles. The number of fused-ring (bicyclic) bond motifs is 1. The number of rotatable bonds is 6. The highest BCUT2D eigenvalue weighted by Crippen LogP contribution is 2.24. The van der Waals surface area contributed by atoms with Gasteiger partial charge in [-0.2, -0.15) is 0 Å². The number of nitrogens with one attached hydrogen (secondary N) is 2. The summed E-state index contributed by atoms with van der Waals surface area (Å²) >= 11 is 1.54. The van der Waals surface area contributed by atoms with Gasteiger partial charge in [-0.05, 0) is 24.3 Å². The molecule has 1 amide bonds. The summed E-state index contributed by atoms with van der Waals surface area (Å²) in [5, 5.41) is 3.70. The molecule has 1 heterocycles. The fraction of sp³-hybridized carbons (Fsp3) is 0.176. The van der Waals surface area contributed by atoms with Crippen LogP contribution in [0.1, 0.15) is 6.42 Å². The molecule has 0 bridgehead atoms. The molecule has 0 fully saturated rings. The lowest BCUT2D eigenvalue weighted by Gasteiger charge is -2.09. The molecule has 0 unspecified atom stereocenters. The second-order valence-electron chi connectivity index (χ2n) is 4.91. The maximum atomic E-state index is 12.0. The maximum absolute atomic E-state index is 12.0. The summed E-state index contributed by atoms with van der Waals surface area (Å²) in [5.41, 5.74) is 2.63. The number of thioether (sulfide) groups is 1. The highest BCUT2D eigenvalue weighted by molar-refractivity contribution is 7.99. The zero-order chi connectivity index (χ0) is 16.1. The van der Waals surface area contributed by atoms with Gasteiger partial charge in [0.1, 0.15) is 5.75 Å². The Morgan fingerprint density at radius 3 is 2.83 bits per heavy atom. The molecule has 0 aliphatic heterocycles. The van der Waals surface area contributed by atoms with Crippen molar-refractivity contribution >= 4 is 34.4 Å². The highest BCUT2D eigenvalue weighted by atomic mass is 32.2. The Kier molecular flexibility index (Phi) is 4.83. The Morgan fingerprint density at radius 1 is 1.22 bits per heavy atom. The summed E-state index contributed by atoms with van der Waals surface area (Å²) in [6, 6.07) is 15.2. The van der Waals surface area contributed by atoms with Gasteiger partial charge in [0.15, 0.2) is 5.16 Å². The molecule has 0 saturated carbocycles. The number of nitrogens with zero attached hydrogens (tertiary/aromatic N) is 1.